The van der Waals surface area contributed by atoms with Crippen LogP contribution in [0.4, 0.5) is 0 Å². The predicted octanol–water partition coefficient (Wildman–Crippen LogP) is 2.39. The van der Waals surface area contributed by atoms with E-state index in [0.29, 0.717) is 27.7 Å². The number of fused-ring (bicyclic) bond motifs is 4. The van der Waals surface area contributed by atoms with Crippen LogP contribution in [0.25, 0.3) is 11.3 Å². The summed E-state index contributed by atoms with van der Waals surface area (Å²) in [6.07, 6.45) is 5.81. The summed E-state index contributed by atoms with van der Waals surface area (Å²) >= 11 is 0. The molecule has 0 fully saturated rings. The highest BCUT2D eigenvalue weighted by atomic mass is 28.2. The van der Waals surface area contributed by atoms with E-state index in [0.717, 1.165) is 44.5 Å². The quantitative estimate of drug-likeness (QED) is 0.408. The van der Waals surface area contributed by atoms with Crippen LogP contribution in [0, 0.1) is 0 Å². The van der Waals surface area contributed by atoms with Crippen molar-refractivity contribution in [2.24, 2.45) is 0 Å². The number of ether oxygens (including phenoxy) is 2. The molecule has 0 unspecified atom stereocenters. The van der Waals surface area contributed by atoms with Crippen molar-refractivity contribution < 1.29 is 9.47 Å². The summed E-state index contributed by atoms with van der Waals surface area (Å²) in [5.41, 5.74) is 3.79. The molecule has 6 rings (SSSR count). The third kappa shape index (κ3) is 2.48. The molecular weight excluding hydrogens is 368 g/mol. The number of para-hydroxylation sites is 1. The molecule has 2 aliphatic rings. The van der Waals surface area contributed by atoms with E-state index in [1.54, 1.807) is 18.6 Å². The molecule has 2 aromatic heterocycles. The molecule has 0 N–H and O–H groups in total. The van der Waals surface area contributed by atoms with E-state index in [1.165, 1.54) is 0 Å². The maximum absolute atomic E-state index is 5.89. The first-order valence-electron chi connectivity index (χ1n) is 8.85. The van der Waals surface area contributed by atoms with Gasteiger partial charge in [0, 0.05) is 29.9 Å². The zero-order valence-corrected chi connectivity index (χ0v) is 15.6. The van der Waals surface area contributed by atoms with Gasteiger partial charge in [-0.15, -0.1) is 0 Å². The molecule has 2 aromatic carbocycles. The van der Waals surface area contributed by atoms with Gasteiger partial charge in [0.2, 0.25) is 11.8 Å². The van der Waals surface area contributed by atoms with E-state index < -0.39 is 0 Å². The second kappa shape index (κ2) is 5.96. The van der Waals surface area contributed by atoms with Crippen LogP contribution in [0.15, 0.2) is 61.1 Å². The molecule has 4 heterocycles. The summed E-state index contributed by atoms with van der Waals surface area (Å²) < 4.78 is 11.8. The van der Waals surface area contributed by atoms with E-state index >= 15 is 0 Å². The Hall–Kier alpha value is -3.58. The average Bonchev–Trinajstić information content (AvgIpc) is 2.75. The fraction of sp³-hybridized carbons (Fsp3) is 0.0476. The van der Waals surface area contributed by atoms with Gasteiger partial charge < -0.3 is 9.47 Å². The number of nitrogens with zero attached hydrogens (tertiary/aromatic N) is 4. The van der Waals surface area contributed by atoms with Gasteiger partial charge >= 0.3 is 0 Å². The lowest BCUT2D eigenvalue weighted by atomic mass is 10.1. The predicted molar refractivity (Wildman–Crippen MR) is 104 cm³/mol. The minimum Gasteiger partial charge on any atom is -0.438 e. The van der Waals surface area contributed by atoms with Gasteiger partial charge in [0.25, 0.3) is 0 Å². The molecule has 6 nitrogen and oxygen atoms in total. The average molecular weight is 380 g/mol. The van der Waals surface area contributed by atoms with Gasteiger partial charge in [0.15, 0.2) is 9.52 Å². The zero-order valence-electron chi connectivity index (χ0n) is 14.6. The Morgan fingerprint density at radius 2 is 1.75 bits per heavy atom. The lowest BCUT2D eigenvalue weighted by Crippen LogP contribution is -2.36. The first-order chi connectivity index (χ1) is 13.8. The Kier molecular flexibility index (Phi) is 3.30. The van der Waals surface area contributed by atoms with E-state index in [-0.39, 0.29) is 0 Å². The number of hydrogen-bond acceptors (Lipinski definition) is 6. The van der Waals surface area contributed by atoms with Crippen LogP contribution in [0.1, 0.15) is 11.3 Å². The third-order valence-corrected chi connectivity index (χ3v) is 5.98. The number of hydrogen-bond donors (Lipinski definition) is 0. The second-order valence-electron chi connectivity index (χ2n) is 6.54. The highest BCUT2D eigenvalue weighted by molar-refractivity contribution is 6.68. The Bertz CT molecular complexity index is 1150. The standard InChI is InChI=1S/C21H12N4O2Si/c1-2-4-16-13(3-1)9-14-19(26-16)24-11-15(25-14)12-5-6-17-18(10-12)28-21-20(27-17)22-7-8-23-21/h1-8,10-11H,9H2. The molecule has 0 atom stereocenters. The fourth-order valence-corrected chi connectivity index (χ4v) is 4.49. The molecule has 0 bridgehead atoms. The number of benzene rings is 2. The van der Waals surface area contributed by atoms with Gasteiger partial charge in [0.05, 0.1) is 17.2 Å². The van der Waals surface area contributed by atoms with Gasteiger partial charge in [-0.05, 0) is 29.5 Å². The Balaban J connectivity index is 1.36. The monoisotopic (exact) mass is 380 g/mol. The summed E-state index contributed by atoms with van der Waals surface area (Å²) in [6, 6.07) is 14.0. The van der Waals surface area contributed by atoms with Crippen molar-refractivity contribution in [3.63, 3.8) is 0 Å². The molecule has 0 aliphatic carbocycles. The molecule has 0 saturated carbocycles. The van der Waals surface area contributed by atoms with Crippen molar-refractivity contribution >= 4 is 20.0 Å². The van der Waals surface area contributed by atoms with Gasteiger partial charge in [-0.2, -0.15) is 0 Å². The third-order valence-electron chi connectivity index (χ3n) is 4.74. The maximum atomic E-state index is 5.89. The van der Waals surface area contributed by atoms with Crippen LogP contribution < -0.4 is 20.0 Å². The van der Waals surface area contributed by atoms with Crippen molar-refractivity contribution in [2.45, 2.75) is 6.42 Å². The summed E-state index contributed by atoms with van der Waals surface area (Å²) in [4.78, 5) is 18.0. The first-order valence-corrected chi connectivity index (χ1v) is 9.85. The first kappa shape index (κ1) is 15.5. The lowest BCUT2D eigenvalue weighted by molar-refractivity contribution is 0.436. The Morgan fingerprint density at radius 3 is 2.75 bits per heavy atom. The molecule has 4 aromatic rings. The van der Waals surface area contributed by atoms with Crippen molar-refractivity contribution in [3.8, 4) is 34.5 Å². The second-order valence-corrected chi connectivity index (χ2v) is 7.80. The van der Waals surface area contributed by atoms with E-state index in [1.807, 2.05) is 30.3 Å². The Morgan fingerprint density at radius 1 is 0.857 bits per heavy atom. The minimum atomic E-state index is 0.396. The van der Waals surface area contributed by atoms with Crippen LogP contribution in [-0.2, 0) is 6.42 Å². The molecule has 2 radical (unpaired) electrons. The van der Waals surface area contributed by atoms with Crippen molar-refractivity contribution in [2.75, 3.05) is 0 Å². The summed E-state index contributed by atoms with van der Waals surface area (Å²) in [5, 5.41) is 1.96. The van der Waals surface area contributed by atoms with E-state index in [4.69, 9.17) is 14.5 Å². The van der Waals surface area contributed by atoms with Gasteiger partial charge in [0.1, 0.15) is 17.2 Å². The smallest absolute Gasteiger partial charge is 0.241 e. The minimum absolute atomic E-state index is 0.396. The summed E-state index contributed by atoms with van der Waals surface area (Å²) in [7, 11) is 0.396. The van der Waals surface area contributed by atoms with Gasteiger partial charge in [-0.25, -0.2) is 15.0 Å². The largest absolute Gasteiger partial charge is 0.438 e. The van der Waals surface area contributed by atoms with E-state index in [9.17, 15) is 0 Å². The molecule has 0 spiro atoms. The summed E-state index contributed by atoms with van der Waals surface area (Å²) in [5.74, 6) is 2.84. The highest BCUT2D eigenvalue weighted by Crippen LogP contribution is 2.35. The molecule has 2 aliphatic heterocycles. The van der Waals surface area contributed by atoms with Crippen LogP contribution >= 0.6 is 0 Å². The lowest BCUT2D eigenvalue weighted by Gasteiger charge is -2.20. The van der Waals surface area contributed by atoms with Crippen LogP contribution in [0.5, 0.6) is 23.3 Å². The molecule has 132 valence electrons. The molecular formula is C21H12N4O2Si. The number of aromatic nitrogens is 4. The molecule has 0 saturated heterocycles. The normalized spacial score (nSPS) is 13.3. The SMILES string of the molecule is c1ccc2c(c1)Cc1nc(-c3ccc4c(c3)[Si]c3nccnc3O4)cnc1O2. The molecule has 28 heavy (non-hydrogen) atoms. The van der Waals surface area contributed by atoms with Gasteiger partial charge in [-0.3, -0.25) is 4.98 Å². The number of rotatable bonds is 1. The highest BCUT2D eigenvalue weighted by Gasteiger charge is 2.22. The van der Waals surface area contributed by atoms with Crippen molar-refractivity contribution in [3.05, 3.63) is 72.3 Å². The zero-order chi connectivity index (χ0) is 18.5. The fourth-order valence-electron chi connectivity index (χ4n) is 3.38. The van der Waals surface area contributed by atoms with E-state index in [2.05, 4.69) is 27.1 Å². The summed E-state index contributed by atoms with van der Waals surface area (Å²) in [6.45, 7) is 0. The van der Waals surface area contributed by atoms with Crippen LogP contribution in [0.3, 0.4) is 0 Å². The Labute approximate surface area is 163 Å². The maximum Gasteiger partial charge on any atom is 0.241 e. The van der Waals surface area contributed by atoms with Crippen molar-refractivity contribution in [1.29, 1.82) is 0 Å². The molecule has 0 amide bonds. The van der Waals surface area contributed by atoms with Crippen LogP contribution in [-0.4, -0.2) is 29.5 Å². The van der Waals surface area contributed by atoms with Gasteiger partial charge in [-0.1, -0.05) is 18.2 Å². The van der Waals surface area contributed by atoms with Crippen LogP contribution in [0.2, 0.25) is 0 Å². The van der Waals surface area contributed by atoms with Crippen molar-refractivity contribution in [1.82, 2.24) is 19.9 Å². The molecule has 7 heteroatoms. The topological polar surface area (TPSA) is 70.0 Å².